The molecule has 94 valence electrons. The van der Waals surface area contributed by atoms with Crippen LogP contribution >= 0.6 is 11.3 Å². The summed E-state index contributed by atoms with van der Waals surface area (Å²) >= 11 is 1.64. The van der Waals surface area contributed by atoms with Crippen molar-refractivity contribution in [1.82, 2.24) is 5.43 Å². The third-order valence-electron chi connectivity index (χ3n) is 1.81. The van der Waals surface area contributed by atoms with Gasteiger partial charge in [-0.3, -0.25) is 0 Å². The lowest BCUT2D eigenvalue weighted by Gasteiger charge is -2.18. The predicted molar refractivity (Wildman–Crippen MR) is 70.6 cm³/mol. The number of rotatable bonds is 2. The Labute approximate surface area is 106 Å². The summed E-state index contributed by atoms with van der Waals surface area (Å²) in [5.41, 5.74) is 2.65. The first-order valence-corrected chi connectivity index (χ1v) is 6.20. The number of hydrogen-bond donors (Lipinski definition) is 1. The standard InChI is InChI=1S/C12H18N2O2S/c1-8-6-7-10(17-8)9(2)13-14-11(15)16-12(3,4)5/h6-7H,1-5H3,(H,14,15)/b13-9-. The van der Waals surface area contributed by atoms with Gasteiger partial charge in [0.2, 0.25) is 0 Å². The highest BCUT2D eigenvalue weighted by Crippen LogP contribution is 2.15. The zero-order chi connectivity index (χ0) is 13.1. The number of aryl methyl sites for hydroxylation is 1. The van der Waals surface area contributed by atoms with E-state index >= 15 is 0 Å². The van der Waals surface area contributed by atoms with Crippen molar-refractivity contribution in [3.8, 4) is 0 Å². The van der Waals surface area contributed by atoms with Gasteiger partial charge in [0.05, 0.1) is 10.6 Å². The molecule has 0 aromatic carbocycles. The van der Waals surface area contributed by atoms with Crippen molar-refractivity contribution in [2.24, 2.45) is 5.10 Å². The van der Waals surface area contributed by atoms with Gasteiger partial charge >= 0.3 is 6.09 Å². The van der Waals surface area contributed by atoms with Crippen molar-refractivity contribution in [3.05, 3.63) is 21.9 Å². The van der Waals surface area contributed by atoms with E-state index in [2.05, 4.69) is 10.5 Å². The minimum absolute atomic E-state index is 0.507. The quantitative estimate of drug-likeness (QED) is 0.650. The minimum Gasteiger partial charge on any atom is -0.443 e. The number of nitrogens with zero attached hydrogens (tertiary/aromatic N) is 1. The van der Waals surface area contributed by atoms with E-state index < -0.39 is 11.7 Å². The first kappa shape index (κ1) is 13.7. The van der Waals surface area contributed by atoms with Crippen LogP contribution in [-0.2, 0) is 4.74 Å². The smallest absolute Gasteiger partial charge is 0.428 e. The number of amides is 1. The molecule has 0 saturated carbocycles. The Balaban J connectivity index is 2.57. The van der Waals surface area contributed by atoms with Crippen molar-refractivity contribution in [2.75, 3.05) is 0 Å². The fraction of sp³-hybridized carbons (Fsp3) is 0.500. The van der Waals surface area contributed by atoms with Crippen molar-refractivity contribution in [3.63, 3.8) is 0 Å². The van der Waals surface area contributed by atoms with Crippen molar-refractivity contribution in [1.29, 1.82) is 0 Å². The van der Waals surface area contributed by atoms with E-state index in [1.807, 2.05) is 46.8 Å². The van der Waals surface area contributed by atoms with Crippen LogP contribution < -0.4 is 5.43 Å². The van der Waals surface area contributed by atoms with Gasteiger partial charge in [0, 0.05) is 4.88 Å². The number of hydrazone groups is 1. The minimum atomic E-state index is -0.537. The van der Waals surface area contributed by atoms with Crippen LogP contribution in [-0.4, -0.2) is 17.4 Å². The maximum Gasteiger partial charge on any atom is 0.428 e. The zero-order valence-corrected chi connectivity index (χ0v) is 11.6. The SMILES string of the molecule is C/C(=N/NC(=O)OC(C)(C)C)c1ccc(C)s1. The zero-order valence-electron chi connectivity index (χ0n) is 10.8. The molecule has 0 bridgehead atoms. The lowest BCUT2D eigenvalue weighted by Crippen LogP contribution is -2.30. The Morgan fingerprint density at radius 2 is 2.06 bits per heavy atom. The Morgan fingerprint density at radius 1 is 1.41 bits per heavy atom. The van der Waals surface area contributed by atoms with Crippen molar-refractivity contribution in [2.45, 2.75) is 40.2 Å². The summed E-state index contributed by atoms with van der Waals surface area (Å²) in [6.07, 6.45) is -0.537. The van der Waals surface area contributed by atoms with Crippen LogP contribution in [0.2, 0.25) is 0 Å². The summed E-state index contributed by atoms with van der Waals surface area (Å²) in [7, 11) is 0. The summed E-state index contributed by atoms with van der Waals surface area (Å²) < 4.78 is 5.08. The Bertz CT molecular complexity index is 430. The van der Waals surface area contributed by atoms with Crippen LogP contribution in [0.4, 0.5) is 4.79 Å². The fourth-order valence-electron chi connectivity index (χ4n) is 1.11. The average molecular weight is 254 g/mol. The van der Waals surface area contributed by atoms with Gasteiger partial charge in [0.25, 0.3) is 0 Å². The summed E-state index contributed by atoms with van der Waals surface area (Å²) in [4.78, 5) is 13.6. The van der Waals surface area contributed by atoms with Crippen LogP contribution in [0.3, 0.4) is 0 Å². The monoisotopic (exact) mass is 254 g/mol. The normalized spacial score (nSPS) is 12.4. The second kappa shape index (κ2) is 5.31. The molecule has 0 aliphatic carbocycles. The highest BCUT2D eigenvalue weighted by molar-refractivity contribution is 7.14. The second-order valence-electron chi connectivity index (χ2n) is 4.72. The van der Waals surface area contributed by atoms with E-state index in [4.69, 9.17) is 4.74 Å². The summed E-state index contributed by atoms with van der Waals surface area (Å²) in [6.45, 7) is 9.31. The lowest BCUT2D eigenvalue weighted by atomic mass is 10.2. The van der Waals surface area contributed by atoms with Gasteiger partial charge in [-0.25, -0.2) is 10.2 Å². The van der Waals surface area contributed by atoms with E-state index in [9.17, 15) is 4.79 Å². The third-order valence-corrected chi connectivity index (χ3v) is 2.92. The largest absolute Gasteiger partial charge is 0.443 e. The van der Waals surface area contributed by atoms with Crippen LogP contribution in [0.15, 0.2) is 17.2 Å². The number of hydrogen-bond acceptors (Lipinski definition) is 4. The molecule has 4 nitrogen and oxygen atoms in total. The number of carbonyl (C=O) groups excluding carboxylic acids is 1. The van der Waals surface area contributed by atoms with Gasteiger partial charge in [-0.15, -0.1) is 11.3 Å². The average Bonchev–Trinajstić information content (AvgIpc) is 2.58. The van der Waals surface area contributed by atoms with E-state index in [1.165, 1.54) is 4.88 Å². The molecule has 1 N–H and O–H groups in total. The van der Waals surface area contributed by atoms with Crippen LogP contribution in [0, 0.1) is 6.92 Å². The molecular formula is C12H18N2O2S. The summed E-state index contributed by atoms with van der Waals surface area (Å²) in [6, 6.07) is 4.00. The molecule has 1 aromatic heterocycles. The molecule has 17 heavy (non-hydrogen) atoms. The lowest BCUT2D eigenvalue weighted by molar-refractivity contribution is 0.0529. The van der Waals surface area contributed by atoms with Crippen molar-refractivity contribution >= 4 is 23.1 Å². The number of carbonyl (C=O) groups is 1. The first-order valence-electron chi connectivity index (χ1n) is 5.38. The van der Waals surface area contributed by atoms with E-state index in [0.717, 1.165) is 10.6 Å². The van der Waals surface area contributed by atoms with Crippen LogP contribution in [0.5, 0.6) is 0 Å². The van der Waals surface area contributed by atoms with E-state index in [1.54, 1.807) is 11.3 Å². The molecule has 0 radical (unpaired) electrons. The van der Waals surface area contributed by atoms with Gasteiger partial charge < -0.3 is 4.74 Å². The topological polar surface area (TPSA) is 50.7 Å². The van der Waals surface area contributed by atoms with Gasteiger partial charge in [-0.05, 0) is 46.8 Å². The molecule has 0 aliphatic rings. The predicted octanol–water partition coefficient (Wildman–Crippen LogP) is 3.31. The molecular weight excluding hydrogens is 236 g/mol. The molecule has 1 amide bonds. The summed E-state index contributed by atoms with van der Waals surface area (Å²) in [5.74, 6) is 0. The maximum absolute atomic E-state index is 11.4. The molecule has 1 heterocycles. The van der Waals surface area contributed by atoms with E-state index in [-0.39, 0.29) is 0 Å². The number of nitrogens with one attached hydrogen (secondary N) is 1. The second-order valence-corrected chi connectivity index (χ2v) is 6.01. The molecule has 1 rings (SSSR count). The van der Waals surface area contributed by atoms with Gasteiger partial charge in [0.15, 0.2) is 0 Å². The third kappa shape index (κ3) is 4.99. The number of thiophene rings is 1. The van der Waals surface area contributed by atoms with Crippen LogP contribution in [0.25, 0.3) is 0 Å². The Kier molecular flexibility index (Phi) is 4.28. The maximum atomic E-state index is 11.4. The Hall–Kier alpha value is -1.36. The fourth-order valence-corrected chi connectivity index (χ4v) is 1.93. The molecule has 0 atom stereocenters. The molecule has 0 fully saturated rings. The Morgan fingerprint density at radius 3 is 2.53 bits per heavy atom. The summed E-state index contributed by atoms with van der Waals surface area (Å²) in [5, 5.41) is 3.99. The van der Waals surface area contributed by atoms with Crippen LogP contribution in [0.1, 0.15) is 37.4 Å². The molecule has 1 aromatic rings. The number of ether oxygens (including phenoxy) is 1. The first-order chi connectivity index (χ1) is 7.78. The van der Waals surface area contributed by atoms with E-state index in [0.29, 0.717) is 0 Å². The highest BCUT2D eigenvalue weighted by Gasteiger charge is 2.15. The molecule has 0 unspecified atom stereocenters. The highest BCUT2D eigenvalue weighted by atomic mass is 32.1. The molecule has 0 aliphatic heterocycles. The van der Waals surface area contributed by atoms with Crippen molar-refractivity contribution < 1.29 is 9.53 Å². The molecule has 0 saturated heterocycles. The molecule has 5 heteroatoms. The van der Waals surface area contributed by atoms with Gasteiger partial charge in [0.1, 0.15) is 5.60 Å². The molecule has 0 spiro atoms. The van der Waals surface area contributed by atoms with Gasteiger partial charge in [-0.1, -0.05) is 0 Å². The van der Waals surface area contributed by atoms with Gasteiger partial charge in [-0.2, -0.15) is 5.10 Å².